The summed E-state index contributed by atoms with van der Waals surface area (Å²) in [4.78, 5) is 23.1. The highest BCUT2D eigenvalue weighted by atomic mass is 32.1. The molecule has 0 unspecified atom stereocenters. The van der Waals surface area contributed by atoms with Crippen LogP contribution in [0.15, 0.2) is 23.7 Å². The second-order valence-corrected chi connectivity index (χ2v) is 8.38. The van der Waals surface area contributed by atoms with Crippen LogP contribution in [0.25, 0.3) is 0 Å². The topological polar surface area (TPSA) is 55.3 Å². The van der Waals surface area contributed by atoms with Crippen LogP contribution in [0, 0.1) is 11.7 Å². The molecule has 1 amide bonds. The molecule has 2 saturated heterocycles. The molecule has 136 valence electrons. The molecular weight excluding hydrogens is 353 g/mol. The van der Waals surface area contributed by atoms with E-state index >= 15 is 0 Å². The third kappa shape index (κ3) is 3.14. The molecule has 5 rings (SSSR count). The summed E-state index contributed by atoms with van der Waals surface area (Å²) in [6.07, 6.45) is 5.00. The molecule has 2 aromatic rings. The largest absolute Gasteiger partial charge is 0.366 e. The van der Waals surface area contributed by atoms with Crippen molar-refractivity contribution < 1.29 is 13.9 Å². The third-order valence-corrected chi connectivity index (χ3v) is 6.48. The molecule has 3 fully saturated rings. The lowest BCUT2D eigenvalue weighted by Crippen LogP contribution is -2.32. The van der Waals surface area contributed by atoms with Gasteiger partial charge in [0.15, 0.2) is 0 Å². The summed E-state index contributed by atoms with van der Waals surface area (Å²) in [5.74, 6) is 0.694. The van der Waals surface area contributed by atoms with E-state index in [0.29, 0.717) is 24.1 Å². The Morgan fingerprint density at radius 3 is 2.96 bits per heavy atom. The van der Waals surface area contributed by atoms with Crippen molar-refractivity contribution in [2.45, 2.75) is 43.8 Å². The van der Waals surface area contributed by atoms with Crippen LogP contribution in [-0.4, -0.2) is 40.0 Å². The average Bonchev–Trinajstić information content (AvgIpc) is 3.05. The fraction of sp³-hybridized carbons (Fsp3) is 0.526. The van der Waals surface area contributed by atoms with Gasteiger partial charge in [0.2, 0.25) is 5.91 Å². The van der Waals surface area contributed by atoms with E-state index in [0.717, 1.165) is 24.2 Å². The maximum absolute atomic E-state index is 12.9. The minimum atomic E-state index is -0.386. The minimum absolute atomic E-state index is 0.0314. The summed E-state index contributed by atoms with van der Waals surface area (Å²) in [7, 11) is 0. The maximum Gasteiger partial charge on any atom is 0.228 e. The summed E-state index contributed by atoms with van der Waals surface area (Å²) in [6.45, 7) is 1.35. The molecule has 0 bridgehead atoms. The molecule has 0 radical (unpaired) electrons. The number of nitrogens with zero attached hydrogens (tertiary/aromatic N) is 3. The molecule has 5 nitrogen and oxygen atoms in total. The van der Waals surface area contributed by atoms with E-state index in [1.807, 2.05) is 4.90 Å². The van der Waals surface area contributed by atoms with E-state index < -0.39 is 0 Å². The number of pyridine rings is 1. The molecule has 26 heavy (non-hydrogen) atoms. The van der Waals surface area contributed by atoms with Crippen molar-refractivity contribution >= 4 is 17.2 Å². The Balaban J connectivity index is 1.18. The van der Waals surface area contributed by atoms with Gasteiger partial charge in [-0.25, -0.2) is 9.37 Å². The number of carbonyl (C=O) groups excluding carboxylic acids is 1. The molecule has 0 spiro atoms. The number of carbonyl (C=O) groups is 1. The molecule has 2 aromatic heterocycles. The molecule has 3 aliphatic rings. The van der Waals surface area contributed by atoms with Crippen molar-refractivity contribution in [2.75, 3.05) is 13.1 Å². The SMILES string of the molecule is O=C(Cc1ccc(F)cn1)N1C[C@@H]2C[C@@H](c3nc(C4CC4)cs3)O[C@@H]2C1. The second kappa shape index (κ2) is 6.39. The van der Waals surface area contributed by atoms with Gasteiger partial charge in [0, 0.05) is 36.0 Å². The highest BCUT2D eigenvalue weighted by Gasteiger charge is 2.44. The van der Waals surface area contributed by atoms with Crippen molar-refractivity contribution in [3.05, 3.63) is 45.9 Å². The maximum atomic E-state index is 12.9. The number of ether oxygens (including phenoxy) is 1. The van der Waals surface area contributed by atoms with E-state index in [-0.39, 0.29) is 30.4 Å². The number of hydrogen-bond donors (Lipinski definition) is 0. The third-order valence-electron chi connectivity index (χ3n) is 5.52. The second-order valence-electron chi connectivity index (χ2n) is 7.49. The van der Waals surface area contributed by atoms with Gasteiger partial charge in [-0.3, -0.25) is 9.78 Å². The number of rotatable bonds is 4. The number of hydrogen-bond acceptors (Lipinski definition) is 5. The van der Waals surface area contributed by atoms with Gasteiger partial charge in [-0.1, -0.05) is 0 Å². The number of likely N-dealkylation sites (tertiary alicyclic amines) is 1. The van der Waals surface area contributed by atoms with Crippen LogP contribution in [0.3, 0.4) is 0 Å². The predicted octanol–water partition coefficient (Wildman–Crippen LogP) is 3.09. The summed E-state index contributed by atoms with van der Waals surface area (Å²) in [6, 6.07) is 2.91. The molecule has 0 aromatic carbocycles. The van der Waals surface area contributed by atoms with Crippen LogP contribution in [0.5, 0.6) is 0 Å². The lowest BCUT2D eigenvalue weighted by Gasteiger charge is -2.18. The van der Waals surface area contributed by atoms with E-state index in [1.54, 1.807) is 17.4 Å². The molecule has 1 saturated carbocycles. The van der Waals surface area contributed by atoms with Gasteiger partial charge >= 0.3 is 0 Å². The van der Waals surface area contributed by atoms with Gasteiger partial charge in [0.25, 0.3) is 0 Å². The van der Waals surface area contributed by atoms with E-state index in [4.69, 9.17) is 9.72 Å². The van der Waals surface area contributed by atoms with Crippen molar-refractivity contribution in [3.63, 3.8) is 0 Å². The lowest BCUT2D eigenvalue weighted by molar-refractivity contribution is -0.130. The Bertz CT molecular complexity index is 806. The molecule has 3 atom stereocenters. The molecule has 1 aliphatic carbocycles. The Kier molecular flexibility index (Phi) is 4.01. The van der Waals surface area contributed by atoms with Crippen LogP contribution in [0.1, 0.15) is 47.7 Å². The first-order valence-corrected chi connectivity index (χ1v) is 10.0. The zero-order valence-corrected chi connectivity index (χ0v) is 15.1. The zero-order valence-electron chi connectivity index (χ0n) is 14.3. The molecule has 4 heterocycles. The molecule has 0 N–H and O–H groups in total. The number of fused-ring (bicyclic) bond motifs is 1. The Hall–Kier alpha value is -1.86. The van der Waals surface area contributed by atoms with E-state index in [9.17, 15) is 9.18 Å². The first-order valence-electron chi connectivity index (χ1n) is 9.14. The van der Waals surface area contributed by atoms with Crippen molar-refractivity contribution in [2.24, 2.45) is 5.92 Å². The normalized spacial score (nSPS) is 27.7. The summed E-state index contributed by atoms with van der Waals surface area (Å²) in [5.41, 5.74) is 1.83. The van der Waals surface area contributed by atoms with Crippen molar-refractivity contribution in [1.29, 1.82) is 0 Å². The summed E-state index contributed by atoms with van der Waals surface area (Å²) >= 11 is 1.71. The van der Waals surface area contributed by atoms with Gasteiger partial charge in [-0.05, 0) is 31.4 Å². The van der Waals surface area contributed by atoms with Crippen LogP contribution >= 0.6 is 11.3 Å². The number of thiazole rings is 1. The van der Waals surface area contributed by atoms with Gasteiger partial charge in [0.05, 0.1) is 24.4 Å². The van der Waals surface area contributed by atoms with E-state index in [2.05, 4.69) is 10.4 Å². The van der Waals surface area contributed by atoms with Gasteiger partial charge < -0.3 is 9.64 Å². The van der Waals surface area contributed by atoms with Crippen LogP contribution in [-0.2, 0) is 16.0 Å². The van der Waals surface area contributed by atoms with Gasteiger partial charge in [-0.15, -0.1) is 11.3 Å². The number of halogens is 1. The van der Waals surface area contributed by atoms with Gasteiger partial charge in [0.1, 0.15) is 16.9 Å². The number of aromatic nitrogens is 2. The van der Waals surface area contributed by atoms with Crippen LogP contribution in [0.2, 0.25) is 0 Å². The monoisotopic (exact) mass is 373 g/mol. The smallest absolute Gasteiger partial charge is 0.228 e. The molecule has 2 aliphatic heterocycles. The zero-order chi connectivity index (χ0) is 17.7. The quantitative estimate of drug-likeness (QED) is 0.826. The Morgan fingerprint density at radius 1 is 1.35 bits per heavy atom. The van der Waals surface area contributed by atoms with Crippen molar-refractivity contribution in [3.8, 4) is 0 Å². The average molecular weight is 373 g/mol. The van der Waals surface area contributed by atoms with E-state index in [1.165, 1.54) is 24.6 Å². The van der Waals surface area contributed by atoms with Crippen molar-refractivity contribution in [1.82, 2.24) is 14.9 Å². The minimum Gasteiger partial charge on any atom is -0.366 e. The first-order chi connectivity index (χ1) is 12.7. The fourth-order valence-corrected chi connectivity index (χ4v) is 4.87. The Morgan fingerprint density at radius 2 is 2.23 bits per heavy atom. The number of amides is 1. The summed E-state index contributed by atoms with van der Waals surface area (Å²) < 4.78 is 19.1. The molecular formula is C19H20FN3O2S. The highest BCUT2D eigenvalue weighted by Crippen LogP contribution is 2.45. The van der Waals surface area contributed by atoms with Crippen LogP contribution < -0.4 is 0 Å². The lowest BCUT2D eigenvalue weighted by atomic mass is 10.0. The summed E-state index contributed by atoms with van der Waals surface area (Å²) in [5, 5.41) is 3.27. The fourth-order valence-electron chi connectivity index (χ4n) is 3.92. The highest BCUT2D eigenvalue weighted by molar-refractivity contribution is 7.09. The standard InChI is InChI=1S/C19H20FN3O2S/c20-13-3-4-14(21-7-13)6-18(24)23-8-12-5-16(25-17(12)9-23)19-22-15(10-26-19)11-1-2-11/h3-4,7,10-12,16-17H,1-2,5-6,8-9H2/t12-,16-,17+/m0/s1. The Labute approximate surface area is 155 Å². The molecule has 7 heteroatoms. The van der Waals surface area contributed by atoms with Gasteiger partial charge in [-0.2, -0.15) is 0 Å². The predicted molar refractivity (Wildman–Crippen MR) is 94.3 cm³/mol. The van der Waals surface area contributed by atoms with Crippen LogP contribution in [0.4, 0.5) is 4.39 Å². The first kappa shape index (κ1) is 16.3.